The third-order valence-corrected chi connectivity index (χ3v) is 4.04. The lowest BCUT2D eigenvalue weighted by molar-refractivity contribution is -0.121. The molecule has 0 radical (unpaired) electrons. The van der Waals surface area contributed by atoms with Crippen LogP contribution in [0.2, 0.25) is 0 Å². The fraction of sp³-hybridized carbons (Fsp3) is 0.0667. The molecule has 0 saturated heterocycles. The van der Waals surface area contributed by atoms with Crippen LogP contribution in [-0.2, 0) is 9.59 Å². The van der Waals surface area contributed by atoms with Gasteiger partial charge in [-0.2, -0.15) is 0 Å². The van der Waals surface area contributed by atoms with E-state index in [0.29, 0.717) is 16.3 Å². The van der Waals surface area contributed by atoms with Crippen molar-refractivity contribution in [1.29, 1.82) is 0 Å². The number of carbonyl (C=O) groups excluding carboxylic acids is 2. The summed E-state index contributed by atoms with van der Waals surface area (Å²) in [6.45, 7) is 0. The summed E-state index contributed by atoms with van der Waals surface area (Å²) in [4.78, 5) is 26.1. The molecule has 1 N–H and O–H groups in total. The van der Waals surface area contributed by atoms with Crippen LogP contribution in [0.25, 0.3) is 5.57 Å². The predicted molar refractivity (Wildman–Crippen MR) is 79.4 cm³/mol. The van der Waals surface area contributed by atoms with E-state index in [0.717, 1.165) is 4.90 Å². The maximum atomic E-state index is 12.4. The first-order valence-corrected chi connectivity index (χ1v) is 7.01. The number of anilines is 1. The largest absolute Gasteiger partial charge is 0.502 e. The van der Waals surface area contributed by atoms with E-state index in [1.165, 1.54) is 18.4 Å². The lowest BCUT2D eigenvalue weighted by atomic mass is 10.2. The molecule has 6 heteroatoms. The number of rotatable bonds is 3. The first kappa shape index (κ1) is 13.4. The Bertz CT molecular complexity index is 732. The summed E-state index contributed by atoms with van der Waals surface area (Å²) in [5.41, 5.74) is 0.440. The summed E-state index contributed by atoms with van der Waals surface area (Å²) in [7, 11) is 1.53. The van der Waals surface area contributed by atoms with Gasteiger partial charge in [-0.15, -0.1) is 11.3 Å². The van der Waals surface area contributed by atoms with Crippen LogP contribution in [0.5, 0.6) is 5.75 Å². The van der Waals surface area contributed by atoms with Gasteiger partial charge >= 0.3 is 5.91 Å². The normalized spacial score (nSPS) is 15.0. The van der Waals surface area contributed by atoms with E-state index in [9.17, 15) is 14.7 Å². The number of benzene rings is 1. The van der Waals surface area contributed by atoms with Crippen molar-refractivity contribution >= 4 is 34.4 Å². The standard InChI is InChI=1S/C15H11NO4S/c1-20-10-6-4-9(5-7-10)16-14(18)12(13(17)15(16)19)11-3-2-8-21-11/h2-8,17H,1H3. The topological polar surface area (TPSA) is 66.8 Å². The molecule has 1 aliphatic heterocycles. The third-order valence-electron chi connectivity index (χ3n) is 3.16. The van der Waals surface area contributed by atoms with Crippen LogP contribution in [-0.4, -0.2) is 24.0 Å². The molecule has 1 aromatic heterocycles. The minimum absolute atomic E-state index is 0.0471. The number of hydrogen-bond donors (Lipinski definition) is 1. The zero-order valence-electron chi connectivity index (χ0n) is 11.1. The van der Waals surface area contributed by atoms with E-state index in [-0.39, 0.29) is 5.57 Å². The number of thiophene rings is 1. The van der Waals surface area contributed by atoms with Crippen molar-refractivity contribution in [3.8, 4) is 5.75 Å². The van der Waals surface area contributed by atoms with Crippen LogP contribution in [0.4, 0.5) is 5.69 Å². The van der Waals surface area contributed by atoms with Crippen molar-refractivity contribution < 1.29 is 19.4 Å². The predicted octanol–water partition coefficient (Wildman–Crippen LogP) is 2.60. The van der Waals surface area contributed by atoms with Gasteiger partial charge in [0, 0.05) is 4.88 Å². The minimum atomic E-state index is -0.714. The van der Waals surface area contributed by atoms with Crippen molar-refractivity contribution in [3.05, 3.63) is 52.4 Å². The molecule has 21 heavy (non-hydrogen) atoms. The molecule has 3 rings (SSSR count). The summed E-state index contributed by atoms with van der Waals surface area (Å²) in [6.07, 6.45) is 0. The van der Waals surface area contributed by atoms with Gasteiger partial charge in [0.1, 0.15) is 11.3 Å². The fourth-order valence-electron chi connectivity index (χ4n) is 2.13. The molecule has 1 aliphatic rings. The van der Waals surface area contributed by atoms with Crippen LogP contribution in [0.1, 0.15) is 4.88 Å². The van der Waals surface area contributed by atoms with Crippen molar-refractivity contribution in [2.75, 3.05) is 12.0 Å². The van der Waals surface area contributed by atoms with Crippen molar-refractivity contribution in [2.45, 2.75) is 0 Å². The average Bonchev–Trinajstić information content (AvgIpc) is 3.08. The van der Waals surface area contributed by atoms with Crippen molar-refractivity contribution in [3.63, 3.8) is 0 Å². The molecular weight excluding hydrogens is 290 g/mol. The molecule has 0 spiro atoms. The first-order chi connectivity index (χ1) is 10.1. The summed E-state index contributed by atoms with van der Waals surface area (Å²) in [5, 5.41) is 11.8. The monoisotopic (exact) mass is 301 g/mol. The number of imide groups is 1. The molecule has 0 atom stereocenters. The summed E-state index contributed by atoms with van der Waals surface area (Å²) < 4.78 is 5.04. The van der Waals surface area contributed by atoms with Crippen LogP contribution in [0.15, 0.2) is 47.5 Å². The van der Waals surface area contributed by atoms with Gasteiger partial charge in [-0.05, 0) is 35.7 Å². The number of carbonyl (C=O) groups is 2. The second-order valence-electron chi connectivity index (χ2n) is 4.34. The molecule has 0 bridgehead atoms. The highest BCUT2D eigenvalue weighted by atomic mass is 32.1. The fourth-order valence-corrected chi connectivity index (χ4v) is 2.89. The Labute approximate surface area is 124 Å². The highest BCUT2D eigenvalue weighted by molar-refractivity contribution is 7.11. The van der Waals surface area contributed by atoms with E-state index >= 15 is 0 Å². The second kappa shape index (κ2) is 5.06. The van der Waals surface area contributed by atoms with Crippen LogP contribution < -0.4 is 9.64 Å². The Kier molecular flexibility index (Phi) is 3.23. The summed E-state index contributed by atoms with van der Waals surface area (Å²) >= 11 is 1.30. The summed E-state index contributed by atoms with van der Waals surface area (Å²) in [5.74, 6) is -1.13. The molecule has 2 amide bonds. The van der Waals surface area contributed by atoms with Crippen LogP contribution in [0, 0.1) is 0 Å². The zero-order valence-corrected chi connectivity index (χ0v) is 11.9. The molecule has 0 aliphatic carbocycles. The highest BCUT2D eigenvalue weighted by Crippen LogP contribution is 2.34. The van der Waals surface area contributed by atoms with E-state index in [1.54, 1.807) is 41.8 Å². The Hall–Kier alpha value is -2.60. The maximum absolute atomic E-state index is 12.4. The van der Waals surface area contributed by atoms with Gasteiger partial charge < -0.3 is 9.84 Å². The van der Waals surface area contributed by atoms with Gasteiger partial charge in [0.15, 0.2) is 5.76 Å². The molecule has 0 saturated carbocycles. The van der Waals surface area contributed by atoms with E-state index in [1.807, 2.05) is 0 Å². The molecular formula is C15H11NO4S. The lowest BCUT2D eigenvalue weighted by Gasteiger charge is -2.14. The zero-order chi connectivity index (χ0) is 15.0. The first-order valence-electron chi connectivity index (χ1n) is 6.13. The number of ether oxygens (including phenoxy) is 1. The number of amides is 2. The Morgan fingerprint density at radius 3 is 2.38 bits per heavy atom. The molecule has 2 heterocycles. The highest BCUT2D eigenvalue weighted by Gasteiger charge is 2.40. The smallest absolute Gasteiger partial charge is 0.301 e. The number of aliphatic hydroxyl groups excluding tert-OH is 1. The minimum Gasteiger partial charge on any atom is -0.502 e. The van der Waals surface area contributed by atoms with Gasteiger partial charge in [-0.1, -0.05) is 6.07 Å². The number of nitrogens with zero attached hydrogens (tertiary/aromatic N) is 1. The van der Waals surface area contributed by atoms with Crippen LogP contribution in [0.3, 0.4) is 0 Å². The number of hydrogen-bond acceptors (Lipinski definition) is 5. The van der Waals surface area contributed by atoms with Gasteiger partial charge in [-0.3, -0.25) is 9.59 Å². The molecule has 0 unspecified atom stereocenters. The number of methoxy groups -OCH3 is 1. The second-order valence-corrected chi connectivity index (χ2v) is 5.29. The SMILES string of the molecule is COc1ccc(N2C(=O)C(O)=C(c3cccs3)C2=O)cc1. The van der Waals surface area contributed by atoms with Gasteiger partial charge in [-0.25, -0.2) is 4.90 Å². The quantitative estimate of drug-likeness (QED) is 0.885. The van der Waals surface area contributed by atoms with E-state index in [2.05, 4.69) is 0 Å². The van der Waals surface area contributed by atoms with Crippen molar-refractivity contribution in [2.24, 2.45) is 0 Å². The maximum Gasteiger partial charge on any atom is 0.301 e. The van der Waals surface area contributed by atoms with E-state index < -0.39 is 17.6 Å². The molecule has 5 nitrogen and oxygen atoms in total. The average molecular weight is 301 g/mol. The number of aliphatic hydroxyl groups is 1. The third kappa shape index (κ3) is 2.09. The molecule has 2 aromatic rings. The molecule has 106 valence electrons. The lowest BCUT2D eigenvalue weighted by Crippen LogP contribution is -2.31. The summed E-state index contributed by atoms with van der Waals surface area (Å²) in [6, 6.07) is 9.94. The molecule has 0 fully saturated rings. The van der Waals surface area contributed by atoms with Gasteiger partial charge in [0.05, 0.1) is 12.8 Å². The van der Waals surface area contributed by atoms with Crippen LogP contribution >= 0.6 is 11.3 Å². The van der Waals surface area contributed by atoms with E-state index in [4.69, 9.17) is 4.74 Å². The molecule has 1 aromatic carbocycles. The van der Waals surface area contributed by atoms with Gasteiger partial charge in [0.25, 0.3) is 5.91 Å². The Balaban J connectivity index is 2.00. The Morgan fingerprint density at radius 1 is 1.10 bits per heavy atom. The van der Waals surface area contributed by atoms with Crippen molar-refractivity contribution in [1.82, 2.24) is 0 Å². The Morgan fingerprint density at radius 2 is 1.81 bits per heavy atom. The van der Waals surface area contributed by atoms with Gasteiger partial charge in [0.2, 0.25) is 0 Å².